The first-order valence-electron chi connectivity index (χ1n) is 5.35. The molecule has 1 amide bonds. The number of carbonyl (C=O) groups excluding carboxylic acids is 1. The molecule has 1 rings (SSSR count). The number of hydrogen-bond acceptors (Lipinski definition) is 3. The quantitative estimate of drug-likeness (QED) is 0.742. The lowest BCUT2D eigenvalue weighted by Gasteiger charge is -2.02. The maximum absolute atomic E-state index is 11.4. The molecule has 0 radical (unpaired) electrons. The summed E-state index contributed by atoms with van der Waals surface area (Å²) in [5, 5.41) is 6.75. The molecule has 0 aliphatic carbocycles. The molecule has 1 aromatic rings. The minimum Gasteiger partial charge on any atom is -0.330 e. The summed E-state index contributed by atoms with van der Waals surface area (Å²) in [7, 11) is 0. The summed E-state index contributed by atoms with van der Waals surface area (Å²) >= 11 is 1.59. The average Bonchev–Trinajstić information content (AvgIpc) is 2.70. The first-order valence-corrected chi connectivity index (χ1v) is 6.29. The van der Waals surface area contributed by atoms with Gasteiger partial charge in [0.15, 0.2) is 0 Å². The van der Waals surface area contributed by atoms with Crippen molar-refractivity contribution in [2.45, 2.75) is 32.1 Å². The van der Waals surface area contributed by atoms with E-state index in [2.05, 4.69) is 5.32 Å². The van der Waals surface area contributed by atoms with Crippen molar-refractivity contribution in [2.75, 3.05) is 11.9 Å². The van der Waals surface area contributed by atoms with Gasteiger partial charge in [0.25, 0.3) is 0 Å². The number of carbonyl (C=O) groups is 1. The Morgan fingerprint density at radius 1 is 1.31 bits per heavy atom. The first-order chi connectivity index (χ1) is 7.33. The summed E-state index contributed by atoms with van der Waals surface area (Å²) in [6, 6.07) is 1.91. The predicted molar refractivity (Wildman–Crippen MR) is 72.3 cm³/mol. The summed E-state index contributed by atoms with van der Waals surface area (Å²) < 4.78 is 0. The number of halogens is 1. The van der Waals surface area contributed by atoms with Gasteiger partial charge in [0.1, 0.15) is 0 Å². The molecule has 0 aliphatic rings. The van der Waals surface area contributed by atoms with E-state index < -0.39 is 0 Å². The number of unbranched alkanes of at least 4 members (excludes halogenated alkanes) is 3. The maximum Gasteiger partial charge on any atom is 0.224 e. The predicted octanol–water partition coefficient (Wildman–Crippen LogP) is 3.02. The van der Waals surface area contributed by atoms with Gasteiger partial charge in [-0.2, -0.15) is 11.3 Å². The van der Waals surface area contributed by atoms with Gasteiger partial charge in [-0.1, -0.05) is 12.8 Å². The van der Waals surface area contributed by atoms with E-state index in [9.17, 15) is 4.79 Å². The number of anilines is 1. The molecule has 92 valence electrons. The van der Waals surface area contributed by atoms with Crippen LogP contribution >= 0.6 is 23.7 Å². The second-order valence-electron chi connectivity index (χ2n) is 3.51. The fraction of sp³-hybridized carbons (Fsp3) is 0.545. The van der Waals surface area contributed by atoms with E-state index in [1.165, 1.54) is 0 Å². The second-order valence-corrected chi connectivity index (χ2v) is 4.29. The molecule has 0 saturated carbocycles. The Balaban J connectivity index is 0.00000225. The van der Waals surface area contributed by atoms with Crippen LogP contribution in [0.1, 0.15) is 32.1 Å². The summed E-state index contributed by atoms with van der Waals surface area (Å²) in [4.78, 5) is 11.4. The van der Waals surface area contributed by atoms with E-state index in [4.69, 9.17) is 5.73 Å². The van der Waals surface area contributed by atoms with E-state index in [1.54, 1.807) is 11.3 Å². The van der Waals surface area contributed by atoms with Crippen LogP contribution in [0.4, 0.5) is 5.69 Å². The molecule has 1 heterocycles. The molecule has 0 bridgehead atoms. The molecule has 0 spiro atoms. The molecule has 0 aliphatic heterocycles. The van der Waals surface area contributed by atoms with Gasteiger partial charge in [0.2, 0.25) is 5.91 Å². The molecule has 16 heavy (non-hydrogen) atoms. The van der Waals surface area contributed by atoms with Crippen LogP contribution in [0.3, 0.4) is 0 Å². The van der Waals surface area contributed by atoms with Gasteiger partial charge in [0, 0.05) is 11.8 Å². The molecular formula is C11H19ClN2OS. The number of nitrogens with two attached hydrogens (primary N) is 1. The molecule has 0 fully saturated rings. The Kier molecular flexibility index (Phi) is 9.28. The topological polar surface area (TPSA) is 55.1 Å². The summed E-state index contributed by atoms with van der Waals surface area (Å²) in [6.07, 6.45) is 4.85. The normalized spacial score (nSPS) is 9.56. The SMILES string of the molecule is Cl.NCCCCCCC(=O)Nc1ccsc1. The zero-order valence-electron chi connectivity index (χ0n) is 9.28. The number of hydrogen-bond donors (Lipinski definition) is 2. The lowest BCUT2D eigenvalue weighted by Crippen LogP contribution is -2.10. The van der Waals surface area contributed by atoms with Crippen LogP contribution in [0, 0.1) is 0 Å². The van der Waals surface area contributed by atoms with E-state index in [0.29, 0.717) is 6.42 Å². The van der Waals surface area contributed by atoms with Crippen LogP contribution < -0.4 is 11.1 Å². The molecule has 0 aromatic carbocycles. The molecule has 3 nitrogen and oxygen atoms in total. The molecule has 0 saturated heterocycles. The Morgan fingerprint density at radius 3 is 2.69 bits per heavy atom. The second kappa shape index (κ2) is 9.63. The van der Waals surface area contributed by atoms with Crippen LogP contribution in [-0.4, -0.2) is 12.5 Å². The zero-order chi connectivity index (χ0) is 10.9. The van der Waals surface area contributed by atoms with Crippen LogP contribution in [-0.2, 0) is 4.79 Å². The van der Waals surface area contributed by atoms with Crippen LogP contribution in [0.2, 0.25) is 0 Å². The lowest BCUT2D eigenvalue weighted by molar-refractivity contribution is -0.116. The Morgan fingerprint density at radius 2 is 2.06 bits per heavy atom. The number of thiophene rings is 1. The van der Waals surface area contributed by atoms with Gasteiger partial charge in [-0.3, -0.25) is 4.79 Å². The van der Waals surface area contributed by atoms with Crippen LogP contribution in [0.5, 0.6) is 0 Å². The largest absolute Gasteiger partial charge is 0.330 e. The molecule has 3 N–H and O–H groups in total. The third kappa shape index (κ3) is 6.82. The van der Waals surface area contributed by atoms with Gasteiger partial charge in [-0.25, -0.2) is 0 Å². The fourth-order valence-corrected chi connectivity index (χ4v) is 1.93. The highest BCUT2D eigenvalue weighted by molar-refractivity contribution is 7.08. The third-order valence-corrected chi connectivity index (χ3v) is 2.85. The van der Waals surface area contributed by atoms with E-state index in [-0.39, 0.29) is 18.3 Å². The number of rotatable bonds is 7. The highest BCUT2D eigenvalue weighted by atomic mass is 35.5. The Labute approximate surface area is 107 Å². The Bertz CT molecular complexity index is 278. The standard InChI is InChI=1S/C11H18N2OS.ClH/c12-7-4-2-1-3-5-11(14)13-10-6-8-15-9-10;/h6,8-9H,1-5,7,12H2,(H,13,14);1H. The number of nitrogens with one attached hydrogen (secondary N) is 1. The smallest absolute Gasteiger partial charge is 0.224 e. The van der Waals surface area contributed by atoms with Gasteiger partial charge in [-0.05, 0) is 30.8 Å². The van der Waals surface area contributed by atoms with Gasteiger partial charge in [0.05, 0.1) is 5.69 Å². The molecule has 0 atom stereocenters. The maximum atomic E-state index is 11.4. The van der Waals surface area contributed by atoms with Gasteiger partial charge < -0.3 is 11.1 Å². The fourth-order valence-electron chi connectivity index (χ4n) is 1.34. The summed E-state index contributed by atoms with van der Waals surface area (Å²) in [5.74, 6) is 0.112. The van der Waals surface area contributed by atoms with Crippen molar-refractivity contribution >= 4 is 35.3 Å². The molecule has 0 unspecified atom stereocenters. The third-order valence-electron chi connectivity index (χ3n) is 2.16. The minimum atomic E-state index is 0. The van der Waals surface area contributed by atoms with Crippen molar-refractivity contribution in [3.63, 3.8) is 0 Å². The van der Waals surface area contributed by atoms with Gasteiger partial charge in [-0.15, -0.1) is 12.4 Å². The highest BCUT2D eigenvalue weighted by Gasteiger charge is 2.01. The summed E-state index contributed by atoms with van der Waals surface area (Å²) in [5.41, 5.74) is 6.29. The van der Waals surface area contributed by atoms with Crippen molar-refractivity contribution in [3.05, 3.63) is 16.8 Å². The lowest BCUT2D eigenvalue weighted by atomic mass is 10.1. The molecular weight excluding hydrogens is 244 g/mol. The van der Waals surface area contributed by atoms with Gasteiger partial charge >= 0.3 is 0 Å². The molecule has 5 heteroatoms. The van der Waals surface area contributed by atoms with Crippen molar-refractivity contribution in [1.82, 2.24) is 0 Å². The average molecular weight is 263 g/mol. The van der Waals surface area contributed by atoms with E-state index in [0.717, 1.165) is 37.9 Å². The van der Waals surface area contributed by atoms with Crippen LogP contribution in [0.25, 0.3) is 0 Å². The van der Waals surface area contributed by atoms with Crippen molar-refractivity contribution in [3.8, 4) is 0 Å². The van der Waals surface area contributed by atoms with Crippen molar-refractivity contribution in [1.29, 1.82) is 0 Å². The minimum absolute atomic E-state index is 0. The Hall–Kier alpha value is -0.580. The summed E-state index contributed by atoms with van der Waals surface area (Å²) in [6.45, 7) is 0.751. The van der Waals surface area contributed by atoms with E-state index >= 15 is 0 Å². The number of amides is 1. The monoisotopic (exact) mass is 262 g/mol. The highest BCUT2D eigenvalue weighted by Crippen LogP contribution is 2.12. The van der Waals surface area contributed by atoms with E-state index in [1.807, 2.05) is 16.8 Å². The van der Waals surface area contributed by atoms with Crippen molar-refractivity contribution in [2.24, 2.45) is 5.73 Å². The van der Waals surface area contributed by atoms with Crippen molar-refractivity contribution < 1.29 is 4.79 Å². The molecule has 1 aromatic heterocycles. The van der Waals surface area contributed by atoms with Crippen LogP contribution in [0.15, 0.2) is 16.8 Å². The zero-order valence-corrected chi connectivity index (χ0v) is 10.9. The first kappa shape index (κ1) is 15.4.